The van der Waals surface area contributed by atoms with Crippen LogP contribution in [-0.4, -0.2) is 23.8 Å². The topological polar surface area (TPSA) is 24.9 Å². The van der Waals surface area contributed by atoms with Crippen LogP contribution in [0.2, 0.25) is 0 Å². The van der Waals surface area contributed by atoms with Gasteiger partial charge in [-0.25, -0.2) is 0 Å². The van der Waals surface area contributed by atoms with Crippen LogP contribution in [0.1, 0.15) is 32.1 Å². The minimum atomic E-state index is 0.661. The summed E-state index contributed by atoms with van der Waals surface area (Å²) in [7, 11) is 2.10. The Kier molecular flexibility index (Phi) is 5.33. The molecular weight excluding hydrogens is 228 g/mol. The summed E-state index contributed by atoms with van der Waals surface area (Å²) in [5, 5.41) is 3.51. The van der Waals surface area contributed by atoms with Crippen molar-refractivity contribution in [2.75, 3.05) is 12.8 Å². The van der Waals surface area contributed by atoms with E-state index >= 15 is 0 Å². The van der Waals surface area contributed by atoms with Crippen LogP contribution in [0.4, 0.5) is 0 Å². The molecule has 1 aliphatic rings. The average molecular weight is 250 g/mol. The summed E-state index contributed by atoms with van der Waals surface area (Å²) in [6.45, 7) is 0. The highest BCUT2D eigenvalue weighted by Gasteiger charge is 2.22. The van der Waals surface area contributed by atoms with Crippen molar-refractivity contribution in [2.24, 2.45) is 5.92 Å². The lowest BCUT2D eigenvalue weighted by Gasteiger charge is -2.29. The number of nitrogens with zero attached hydrogens (tertiary/aromatic N) is 1. The molecule has 0 aliphatic heterocycles. The highest BCUT2D eigenvalue weighted by Crippen LogP contribution is 2.29. The second-order valence-corrected chi connectivity index (χ2v) is 5.88. The monoisotopic (exact) mass is 250 g/mol. The van der Waals surface area contributed by atoms with Gasteiger partial charge in [0.1, 0.15) is 0 Å². The molecule has 0 saturated heterocycles. The van der Waals surface area contributed by atoms with Crippen LogP contribution in [0, 0.1) is 5.92 Å². The van der Waals surface area contributed by atoms with Crippen molar-refractivity contribution >= 4 is 11.8 Å². The van der Waals surface area contributed by atoms with Gasteiger partial charge in [0, 0.05) is 29.1 Å². The van der Waals surface area contributed by atoms with E-state index < -0.39 is 0 Å². The van der Waals surface area contributed by atoms with Gasteiger partial charge in [-0.3, -0.25) is 4.98 Å². The number of hydrogen-bond donors (Lipinski definition) is 1. The number of nitrogens with one attached hydrogen (secondary N) is 1. The summed E-state index contributed by atoms with van der Waals surface area (Å²) >= 11 is 1.94. The van der Waals surface area contributed by atoms with Gasteiger partial charge in [0.05, 0.1) is 0 Å². The van der Waals surface area contributed by atoms with Crippen molar-refractivity contribution in [3.05, 3.63) is 24.5 Å². The fourth-order valence-corrected chi connectivity index (χ4v) is 3.74. The summed E-state index contributed by atoms with van der Waals surface area (Å²) in [6.07, 6.45) is 10.8. The third-order valence-corrected chi connectivity index (χ3v) is 4.80. The highest BCUT2D eigenvalue weighted by atomic mass is 32.2. The zero-order valence-corrected chi connectivity index (χ0v) is 11.4. The SMILES string of the molecule is CNC(CSc1ccncc1)C1CCCCC1. The van der Waals surface area contributed by atoms with Crippen molar-refractivity contribution in [3.8, 4) is 0 Å². The number of aromatic nitrogens is 1. The highest BCUT2D eigenvalue weighted by molar-refractivity contribution is 7.99. The van der Waals surface area contributed by atoms with E-state index in [1.165, 1.54) is 42.8 Å². The Morgan fingerprint density at radius 2 is 2.00 bits per heavy atom. The maximum atomic E-state index is 4.05. The molecule has 0 bridgehead atoms. The van der Waals surface area contributed by atoms with Crippen LogP contribution in [-0.2, 0) is 0 Å². The fraction of sp³-hybridized carbons (Fsp3) is 0.643. The molecule has 0 spiro atoms. The molecule has 1 aromatic heterocycles. The van der Waals surface area contributed by atoms with E-state index in [1.54, 1.807) is 0 Å². The maximum absolute atomic E-state index is 4.05. The Hall–Kier alpha value is -0.540. The molecule has 0 radical (unpaired) electrons. The Bertz CT molecular complexity index is 309. The lowest BCUT2D eigenvalue weighted by Crippen LogP contribution is -2.36. The van der Waals surface area contributed by atoms with Crippen LogP contribution >= 0.6 is 11.8 Å². The molecule has 1 aromatic rings. The standard InChI is InChI=1S/C14H22N2S/c1-15-14(12-5-3-2-4-6-12)11-17-13-7-9-16-10-8-13/h7-10,12,14-15H,2-6,11H2,1H3. The van der Waals surface area contributed by atoms with Gasteiger partial charge in [0.2, 0.25) is 0 Å². The van der Waals surface area contributed by atoms with Gasteiger partial charge >= 0.3 is 0 Å². The average Bonchev–Trinajstić information content (AvgIpc) is 2.42. The third-order valence-electron chi connectivity index (χ3n) is 3.67. The molecule has 1 fully saturated rings. The van der Waals surface area contributed by atoms with Crippen LogP contribution < -0.4 is 5.32 Å². The molecule has 0 amide bonds. The predicted octanol–water partition coefficient (Wildman–Crippen LogP) is 3.34. The van der Waals surface area contributed by atoms with Crippen LogP contribution in [0.3, 0.4) is 0 Å². The molecule has 17 heavy (non-hydrogen) atoms. The van der Waals surface area contributed by atoms with Crippen molar-refractivity contribution in [1.29, 1.82) is 0 Å². The minimum Gasteiger partial charge on any atom is -0.316 e. The van der Waals surface area contributed by atoms with Crippen molar-refractivity contribution in [3.63, 3.8) is 0 Å². The Labute approximate surface area is 109 Å². The number of rotatable bonds is 5. The first-order chi connectivity index (χ1) is 8.40. The van der Waals surface area contributed by atoms with Gasteiger partial charge < -0.3 is 5.32 Å². The molecule has 3 heteroatoms. The van der Waals surface area contributed by atoms with Gasteiger partial charge in [0.25, 0.3) is 0 Å². The molecule has 94 valence electrons. The van der Waals surface area contributed by atoms with E-state index in [4.69, 9.17) is 0 Å². The van der Waals surface area contributed by atoms with Crippen molar-refractivity contribution in [2.45, 2.75) is 43.0 Å². The molecule has 1 atom stereocenters. The lowest BCUT2D eigenvalue weighted by molar-refractivity contribution is 0.294. The quantitative estimate of drug-likeness (QED) is 0.811. The molecule has 1 N–H and O–H groups in total. The van der Waals surface area contributed by atoms with Gasteiger partial charge in [-0.1, -0.05) is 19.3 Å². The first-order valence-corrected chi connectivity index (χ1v) is 7.59. The summed E-state index contributed by atoms with van der Waals surface area (Å²) in [5.74, 6) is 2.05. The molecule has 1 unspecified atom stereocenters. The van der Waals surface area contributed by atoms with Crippen molar-refractivity contribution < 1.29 is 0 Å². The summed E-state index contributed by atoms with van der Waals surface area (Å²) < 4.78 is 0. The van der Waals surface area contributed by atoms with Crippen molar-refractivity contribution in [1.82, 2.24) is 10.3 Å². The normalized spacial score (nSPS) is 19.1. The van der Waals surface area contributed by atoms with E-state index in [-0.39, 0.29) is 0 Å². The largest absolute Gasteiger partial charge is 0.316 e. The van der Waals surface area contributed by atoms with E-state index in [2.05, 4.69) is 29.5 Å². The zero-order valence-electron chi connectivity index (χ0n) is 10.6. The summed E-state index contributed by atoms with van der Waals surface area (Å²) in [5.41, 5.74) is 0. The Morgan fingerprint density at radius 3 is 2.65 bits per heavy atom. The second-order valence-electron chi connectivity index (χ2n) is 4.79. The first-order valence-electron chi connectivity index (χ1n) is 6.60. The zero-order chi connectivity index (χ0) is 11.9. The minimum absolute atomic E-state index is 0.661. The molecule has 2 nitrogen and oxygen atoms in total. The Balaban J connectivity index is 1.82. The van der Waals surface area contributed by atoms with Gasteiger partial charge in [0.15, 0.2) is 0 Å². The van der Waals surface area contributed by atoms with Gasteiger partial charge in [-0.05, 0) is 37.9 Å². The second kappa shape index (κ2) is 7.02. The van der Waals surface area contributed by atoms with E-state index in [9.17, 15) is 0 Å². The first kappa shape index (κ1) is 12.9. The van der Waals surface area contributed by atoms with E-state index in [0.29, 0.717) is 6.04 Å². The molecule has 1 heterocycles. The number of hydrogen-bond acceptors (Lipinski definition) is 3. The van der Waals surface area contributed by atoms with Gasteiger partial charge in [-0.15, -0.1) is 11.8 Å². The molecule has 1 aliphatic carbocycles. The van der Waals surface area contributed by atoms with Crippen LogP contribution in [0.25, 0.3) is 0 Å². The molecular formula is C14H22N2S. The lowest BCUT2D eigenvalue weighted by atomic mass is 9.84. The van der Waals surface area contributed by atoms with Crippen LogP contribution in [0.5, 0.6) is 0 Å². The molecule has 0 aromatic carbocycles. The third kappa shape index (κ3) is 4.00. The summed E-state index contributed by atoms with van der Waals surface area (Å²) in [4.78, 5) is 5.38. The Morgan fingerprint density at radius 1 is 1.29 bits per heavy atom. The predicted molar refractivity (Wildman–Crippen MR) is 74.4 cm³/mol. The van der Waals surface area contributed by atoms with Gasteiger partial charge in [-0.2, -0.15) is 0 Å². The number of thioether (sulfide) groups is 1. The molecule has 2 rings (SSSR count). The summed E-state index contributed by atoms with van der Waals surface area (Å²) in [6, 6.07) is 4.85. The smallest absolute Gasteiger partial charge is 0.0278 e. The number of pyridine rings is 1. The maximum Gasteiger partial charge on any atom is 0.0278 e. The fourth-order valence-electron chi connectivity index (χ4n) is 2.61. The van der Waals surface area contributed by atoms with E-state index in [0.717, 1.165) is 5.92 Å². The molecule has 1 saturated carbocycles. The van der Waals surface area contributed by atoms with Crippen LogP contribution in [0.15, 0.2) is 29.4 Å². The van der Waals surface area contributed by atoms with E-state index in [1.807, 2.05) is 24.2 Å².